The summed E-state index contributed by atoms with van der Waals surface area (Å²) >= 11 is 0. The number of rotatable bonds is 24. The van der Waals surface area contributed by atoms with Crippen LogP contribution in [0.5, 0.6) is 23.0 Å². The highest BCUT2D eigenvalue weighted by molar-refractivity contribution is 8.77. The Labute approximate surface area is 450 Å². The monoisotopic (exact) mass is 1120 g/mol. The van der Waals surface area contributed by atoms with Crippen LogP contribution in [-0.2, 0) is 13.6 Å². The first-order valence-electron chi connectivity index (χ1n) is 25.1. The van der Waals surface area contributed by atoms with Crippen molar-refractivity contribution in [2.75, 3.05) is 71.0 Å². The van der Waals surface area contributed by atoms with Crippen molar-refractivity contribution in [3.63, 3.8) is 0 Å². The highest BCUT2D eigenvalue weighted by Gasteiger charge is 2.41. The zero-order valence-corrected chi connectivity index (χ0v) is 49.3. The third-order valence-electron chi connectivity index (χ3n) is 14.2. The molecule has 2 aliphatic rings. The van der Waals surface area contributed by atoms with Crippen molar-refractivity contribution >= 4 is 79.3 Å². The number of pyridine rings is 1. The molecule has 0 radical (unpaired) electrons. The Morgan fingerprint density at radius 1 is 0.800 bits per heavy atom. The largest absolute Gasteiger partial charge is 0.493 e. The number of ether oxygens (including phenoxy) is 5. The fourth-order valence-electron chi connectivity index (χ4n) is 7.75. The van der Waals surface area contributed by atoms with E-state index in [4.69, 9.17) is 32.5 Å². The molecule has 0 bridgehead atoms. The Hall–Kier alpha value is -5.28. The number of nitro groups is 1. The van der Waals surface area contributed by atoms with E-state index in [2.05, 4.69) is 83.3 Å². The first-order valence-corrected chi connectivity index (χ1v) is 33.2. The molecule has 1 aromatic heterocycles. The third kappa shape index (κ3) is 16.1. The number of anilines is 2. The van der Waals surface area contributed by atoms with Crippen LogP contribution >= 0.6 is 21.6 Å². The molecule has 1 unspecified atom stereocenters. The second-order valence-electron chi connectivity index (χ2n) is 21.6. The Kier molecular flexibility index (Phi) is 21.1. The lowest BCUT2D eigenvalue weighted by molar-refractivity contribution is -0.388. The van der Waals surface area contributed by atoms with E-state index in [0.29, 0.717) is 32.7 Å². The van der Waals surface area contributed by atoms with E-state index in [1.807, 2.05) is 0 Å². The lowest BCUT2D eigenvalue weighted by Crippen LogP contribution is -2.46. The number of hydrogen-bond acceptors (Lipinski definition) is 16. The van der Waals surface area contributed by atoms with Crippen LogP contribution in [0.15, 0.2) is 47.6 Å². The zero-order valence-electron chi connectivity index (χ0n) is 45.6. The maximum atomic E-state index is 14.6. The quantitative estimate of drug-likeness (QED) is 0.0248. The second-order valence-corrected chi connectivity index (χ2v) is 33.9. The standard InChI is InChI=1S/C51H76N6O14S2Si2/c1-33(72-73-45-40(57(63)64)20-14-21-52-45)30-69-49(62)54-39-29-44(42(66-9)27-37(39)47(59)56-23-16-19-35(56)32-71-75(12,13)51(5,6)7)68-25-17-24-67-43-28-38(53-48(60)61)36(26-41(43)65-8)46(58)55-22-15-18-34(55)31-70-74(10,11)50(2,3)4/h14,20-21,26-29,33-35,53H,15-19,22-25,30-32H2,1-13H3,(H,54,62)(H,60,61)/t33?,34-,35-/m0/s1. The van der Waals surface area contributed by atoms with Crippen LogP contribution < -0.4 is 29.6 Å². The number of likely N-dealkylation sites (tertiary alicyclic amines) is 2. The summed E-state index contributed by atoms with van der Waals surface area (Å²) < 4.78 is 42.4. The average molecular weight is 1120 g/mol. The first kappa shape index (κ1) is 60.6. The maximum Gasteiger partial charge on any atom is 0.411 e. The summed E-state index contributed by atoms with van der Waals surface area (Å²) in [4.78, 5) is 72.9. The first-order chi connectivity index (χ1) is 35.2. The molecule has 0 aliphatic carbocycles. The molecule has 2 saturated heterocycles. The molecule has 2 fully saturated rings. The Morgan fingerprint density at radius 2 is 1.28 bits per heavy atom. The van der Waals surface area contributed by atoms with Gasteiger partial charge in [0.2, 0.25) is 0 Å². The fraction of sp³-hybridized carbons (Fsp3) is 0.588. The van der Waals surface area contributed by atoms with Crippen LogP contribution in [0.2, 0.25) is 36.3 Å². The minimum Gasteiger partial charge on any atom is -0.493 e. The van der Waals surface area contributed by atoms with E-state index < -0.39 is 33.7 Å². The topological polar surface area (TPSA) is 240 Å². The van der Waals surface area contributed by atoms with E-state index in [-0.39, 0.29) is 115 Å². The van der Waals surface area contributed by atoms with E-state index >= 15 is 0 Å². The van der Waals surface area contributed by atoms with Crippen molar-refractivity contribution in [3.8, 4) is 23.0 Å². The maximum absolute atomic E-state index is 14.6. The van der Waals surface area contributed by atoms with E-state index in [0.717, 1.165) is 36.5 Å². The van der Waals surface area contributed by atoms with Crippen molar-refractivity contribution in [1.29, 1.82) is 0 Å². The van der Waals surface area contributed by atoms with Crippen LogP contribution in [0.25, 0.3) is 0 Å². The van der Waals surface area contributed by atoms with E-state index in [1.165, 1.54) is 67.6 Å². The van der Waals surface area contributed by atoms with Crippen LogP contribution in [0, 0.1) is 10.1 Å². The van der Waals surface area contributed by atoms with E-state index in [1.54, 1.807) is 16.7 Å². The molecule has 3 aromatic rings. The number of benzene rings is 2. The van der Waals surface area contributed by atoms with Crippen LogP contribution in [0.3, 0.4) is 0 Å². The number of amides is 4. The van der Waals surface area contributed by atoms with Gasteiger partial charge in [0, 0.05) is 49.2 Å². The van der Waals surface area contributed by atoms with Gasteiger partial charge in [0.05, 0.1) is 80.2 Å². The second kappa shape index (κ2) is 26.2. The molecule has 0 spiro atoms. The van der Waals surface area contributed by atoms with Crippen molar-refractivity contribution < 1.29 is 61.7 Å². The number of carbonyl (C=O) groups is 4. The molecule has 4 amide bonds. The molecule has 20 nitrogen and oxygen atoms in total. The van der Waals surface area contributed by atoms with Crippen LogP contribution in [-0.4, -0.2) is 143 Å². The number of carboxylic acid groups (broad SMARTS) is 1. The van der Waals surface area contributed by atoms with Crippen molar-refractivity contribution in [3.05, 3.63) is 63.8 Å². The minimum atomic E-state index is -2.14. The van der Waals surface area contributed by atoms with Gasteiger partial charge in [-0.05, 0) is 97.9 Å². The van der Waals surface area contributed by atoms with Gasteiger partial charge in [0.1, 0.15) is 6.61 Å². The number of nitrogens with zero attached hydrogens (tertiary/aromatic N) is 4. The SMILES string of the molecule is COc1cc(C(=O)N2CCC[C@H]2CO[Si](C)(C)C(C)(C)C)c(NC(=O)O)cc1OCCCOc1cc(NC(=O)OCC(C)SSc2ncccc2[N+](=O)[O-])c(C(=O)N2CCC[C@H]2CO[Si](C)(C)C(C)(C)C)cc1OC. The van der Waals surface area contributed by atoms with Gasteiger partial charge in [0.25, 0.3) is 11.8 Å². The third-order valence-corrected chi connectivity index (χ3v) is 26.0. The molecule has 3 N–H and O–H groups in total. The summed E-state index contributed by atoms with van der Waals surface area (Å²) in [5.41, 5.74) is 0.298. The number of hydrogen-bond donors (Lipinski definition) is 3. The van der Waals surface area contributed by atoms with Gasteiger partial charge in [-0.1, -0.05) is 52.3 Å². The Morgan fingerprint density at radius 3 is 1.72 bits per heavy atom. The molecule has 0 saturated carbocycles. The highest BCUT2D eigenvalue weighted by atomic mass is 33.1. The van der Waals surface area contributed by atoms with Gasteiger partial charge in [0.15, 0.2) is 44.7 Å². The summed E-state index contributed by atoms with van der Waals surface area (Å²) in [6.07, 6.45) is 2.63. The summed E-state index contributed by atoms with van der Waals surface area (Å²) in [7, 11) is 0.992. The highest BCUT2D eigenvalue weighted by Crippen LogP contribution is 2.42. The molecule has 3 atom stereocenters. The molecule has 75 heavy (non-hydrogen) atoms. The average Bonchev–Trinajstić information content (AvgIpc) is 4.03. The summed E-state index contributed by atoms with van der Waals surface area (Å²) in [6.45, 7) is 25.3. The molecule has 2 aliphatic heterocycles. The van der Waals surface area contributed by atoms with Crippen molar-refractivity contribution in [1.82, 2.24) is 14.8 Å². The summed E-state index contributed by atoms with van der Waals surface area (Å²) in [6, 6.07) is 8.44. The van der Waals surface area contributed by atoms with Crippen molar-refractivity contribution in [2.45, 2.75) is 139 Å². The van der Waals surface area contributed by atoms with E-state index in [9.17, 15) is 34.4 Å². The Balaban J connectivity index is 1.31. The zero-order chi connectivity index (χ0) is 55.5. The number of nitrogens with one attached hydrogen (secondary N) is 2. The molecular formula is C51H76N6O14S2Si2. The predicted molar refractivity (Wildman–Crippen MR) is 296 cm³/mol. The molecule has 5 rings (SSSR count). The minimum absolute atomic E-state index is 0.00780. The van der Waals surface area contributed by atoms with Gasteiger partial charge in [-0.3, -0.25) is 30.3 Å². The van der Waals surface area contributed by atoms with Gasteiger partial charge in [-0.25, -0.2) is 14.6 Å². The number of aromatic nitrogens is 1. The van der Waals surface area contributed by atoms with Crippen molar-refractivity contribution in [2.24, 2.45) is 0 Å². The van der Waals surface area contributed by atoms with Crippen LogP contribution in [0.4, 0.5) is 26.7 Å². The molecule has 2 aromatic carbocycles. The van der Waals surface area contributed by atoms with Crippen LogP contribution in [0.1, 0.15) is 101 Å². The summed E-state index contributed by atoms with van der Waals surface area (Å²) in [5.74, 6) is 0.179. The smallest absolute Gasteiger partial charge is 0.411 e. The molecule has 24 heteroatoms. The lowest BCUT2D eigenvalue weighted by Gasteiger charge is -2.38. The summed E-state index contributed by atoms with van der Waals surface area (Å²) in [5, 5.41) is 26.3. The normalized spacial score (nSPS) is 16.5. The number of carbonyl (C=O) groups excluding carboxylic acids is 3. The van der Waals surface area contributed by atoms with Gasteiger partial charge < -0.3 is 47.4 Å². The number of methoxy groups -OCH3 is 2. The predicted octanol–water partition coefficient (Wildman–Crippen LogP) is 11.6. The Bertz CT molecular complexity index is 2510. The molecule has 3 heterocycles. The molecule has 414 valence electrons. The van der Waals surface area contributed by atoms with Gasteiger partial charge >= 0.3 is 17.9 Å². The molecular weight excluding hydrogens is 1040 g/mol. The van der Waals surface area contributed by atoms with Gasteiger partial charge in [-0.2, -0.15) is 0 Å². The lowest BCUT2D eigenvalue weighted by atomic mass is 10.1. The van der Waals surface area contributed by atoms with Gasteiger partial charge in [-0.15, -0.1) is 0 Å². The fourth-order valence-corrected chi connectivity index (χ4v) is 11.9.